The molecule has 2 aromatic carbocycles. The van der Waals surface area contributed by atoms with Crippen molar-refractivity contribution in [3.63, 3.8) is 0 Å². The third-order valence-corrected chi connectivity index (χ3v) is 5.40. The van der Waals surface area contributed by atoms with E-state index < -0.39 is 5.97 Å². The Morgan fingerprint density at radius 2 is 1.83 bits per heavy atom. The maximum absolute atomic E-state index is 11.6. The lowest BCUT2D eigenvalue weighted by Crippen LogP contribution is -2.41. The SMILES string of the molecule is CCOc1ccc(C(c2ccc(OC)cc2)N2CCCC(C(=O)O)C2)cc1OC. The first kappa shape index (κ1) is 21.0. The Bertz CT molecular complexity index is 821. The fraction of sp³-hybridized carbons (Fsp3) is 0.435. The van der Waals surface area contributed by atoms with Crippen molar-refractivity contribution in [3.05, 3.63) is 53.6 Å². The Kier molecular flexibility index (Phi) is 6.99. The van der Waals surface area contributed by atoms with Gasteiger partial charge in [0, 0.05) is 6.54 Å². The number of benzene rings is 2. The normalized spacial score (nSPS) is 18.1. The number of hydrogen-bond donors (Lipinski definition) is 1. The van der Waals surface area contributed by atoms with E-state index in [4.69, 9.17) is 14.2 Å². The maximum Gasteiger partial charge on any atom is 0.307 e. The Morgan fingerprint density at radius 1 is 1.10 bits per heavy atom. The number of ether oxygens (including phenoxy) is 3. The number of carboxylic acids is 1. The summed E-state index contributed by atoms with van der Waals surface area (Å²) < 4.78 is 16.5. The number of methoxy groups -OCH3 is 2. The van der Waals surface area contributed by atoms with E-state index in [1.54, 1.807) is 14.2 Å². The van der Waals surface area contributed by atoms with Crippen molar-refractivity contribution >= 4 is 5.97 Å². The van der Waals surface area contributed by atoms with E-state index in [2.05, 4.69) is 4.90 Å². The van der Waals surface area contributed by atoms with Gasteiger partial charge in [0.15, 0.2) is 11.5 Å². The molecule has 0 radical (unpaired) electrons. The lowest BCUT2D eigenvalue weighted by molar-refractivity contribution is -0.143. The van der Waals surface area contributed by atoms with Crippen LogP contribution in [0.2, 0.25) is 0 Å². The Labute approximate surface area is 172 Å². The fourth-order valence-corrected chi connectivity index (χ4v) is 3.97. The minimum atomic E-state index is -0.729. The summed E-state index contributed by atoms with van der Waals surface area (Å²) in [5.41, 5.74) is 2.13. The number of likely N-dealkylation sites (tertiary alicyclic amines) is 1. The lowest BCUT2D eigenvalue weighted by atomic mass is 9.91. The zero-order valence-corrected chi connectivity index (χ0v) is 17.3. The molecule has 2 atom stereocenters. The molecule has 1 aliphatic heterocycles. The van der Waals surface area contributed by atoms with E-state index in [-0.39, 0.29) is 12.0 Å². The topological polar surface area (TPSA) is 68.2 Å². The van der Waals surface area contributed by atoms with Gasteiger partial charge in [-0.3, -0.25) is 9.69 Å². The van der Waals surface area contributed by atoms with Crippen molar-refractivity contribution < 1.29 is 24.1 Å². The van der Waals surface area contributed by atoms with Gasteiger partial charge < -0.3 is 19.3 Å². The molecule has 0 bridgehead atoms. The van der Waals surface area contributed by atoms with E-state index in [9.17, 15) is 9.90 Å². The molecule has 0 saturated carbocycles. The smallest absolute Gasteiger partial charge is 0.307 e. The van der Waals surface area contributed by atoms with Crippen LogP contribution in [0.25, 0.3) is 0 Å². The van der Waals surface area contributed by atoms with Crippen molar-refractivity contribution in [1.82, 2.24) is 4.90 Å². The second-order valence-electron chi connectivity index (χ2n) is 7.19. The van der Waals surface area contributed by atoms with E-state index in [0.29, 0.717) is 31.1 Å². The van der Waals surface area contributed by atoms with Crippen molar-refractivity contribution in [3.8, 4) is 17.2 Å². The number of piperidine rings is 1. The molecule has 2 aromatic rings. The van der Waals surface area contributed by atoms with E-state index >= 15 is 0 Å². The van der Waals surface area contributed by atoms with Gasteiger partial charge in [0.05, 0.1) is 32.8 Å². The Balaban J connectivity index is 2.01. The van der Waals surface area contributed by atoms with Crippen LogP contribution in [-0.2, 0) is 4.79 Å². The van der Waals surface area contributed by atoms with E-state index in [0.717, 1.165) is 29.8 Å². The van der Waals surface area contributed by atoms with Gasteiger partial charge in [-0.15, -0.1) is 0 Å². The first-order valence-corrected chi connectivity index (χ1v) is 9.98. The summed E-state index contributed by atoms with van der Waals surface area (Å²) in [7, 11) is 3.28. The summed E-state index contributed by atoms with van der Waals surface area (Å²) in [5, 5.41) is 9.55. The molecule has 3 rings (SSSR count). The largest absolute Gasteiger partial charge is 0.497 e. The molecule has 1 fully saturated rings. The molecule has 156 valence electrons. The molecule has 0 aromatic heterocycles. The zero-order chi connectivity index (χ0) is 20.8. The summed E-state index contributed by atoms with van der Waals surface area (Å²) in [4.78, 5) is 13.9. The van der Waals surface area contributed by atoms with Gasteiger partial charge in [0.25, 0.3) is 0 Å². The highest BCUT2D eigenvalue weighted by Crippen LogP contribution is 2.37. The highest BCUT2D eigenvalue weighted by Gasteiger charge is 2.31. The molecule has 2 unspecified atom stereocenters. The Hall–Kier alpha value is -2.73. The minimum absolute atomic E-state index is 0.0763. The van der Waals surface area contributed by atoms with E-state index in [1.807, 2.05) is 49.4 Å². The third-order valence-electron chi connectivity index (χ3n) is 5.40. The van der Waals surface area contributed by atoms with Crippen molar-refractivity contribution in [2.45, 2.75) is 25.8 Å². The molecule has 29 heavy (non-hydrogen) atoms. The molecule has 6 heteroatoms. The van der Waals surface area contributed by atoms with Gasteiger partial charge in [0.2, 0.25) is 0 Å². The first-order valence-electron chi connectivity index (χ1n) is 9.98. The van der Waals surface area contributed by atoms with Crippen LogP contribution in [-0.4, -0.2) is 49.9 Å². The first-order chi connectivity index (χ1) is 14.1. The number of nitrogens with zero attached hydrogens (tertiary/aromatic N) is 1. The maximum atomic E-state index is 11.6. The number of rotatable bonds is 8. The summed E-state index contributed by atoms with van der Waals surface area (Å²) in [6.45, 7) is 3.86. The van der Waals surface area contributed by atoms with Gasteiger partial charge >= 0.3 is 5.97 Å². The molecule has 0 spiro atoms. The van der Waals surface area contributed by atoms with Crippen LogP contribution in [0.5, 0.6) is 17.2 Å². The molecule has 0 amide bonds. The third kappa shape index (κ3) is 4.82. The highest BCUT2D eigenvalue weighted by molar-refractivity contribution is 5.70. The van der Waals surface area contributed by atoms with Crippen LogP contribution in [0.4, 0.5) is 0 Å². The van der Waals surface area contributed by atoms with Crippen LogP contribution in [0, 0.1) is 5.92 Å². The fourth-order valence-electron chi connectivity index (χ4n) is 3.97. The van der Waals surface area contributed by atoms with Gasteiger partial charge in [-0.2, -0.15) is 0 Å². The molecule has 1 heterocycles. The number of carboxylic acid groups (broad SMARTS) is 1. The molecular weight excluding hydrogens is 370 g/mol. The number of hydrogen-bond acceptors (Lipinski definition) is 5. The van der Waals surface area contributed by atoms with Crippen LogP contribution in [0.1, 0.15) is 36.9 Å². The summed E-state index contributed by atoms with van der Waals surface area (Å²) in [6.07, 6.45) is 1.57. The van der Waals surface area contributed by atoms with Crippen molar-refractivity contribution in [1.29, 1.82) is 0 Å². The number of carbonyl (C=O) groups is 1. The van der Waals surface area contributed by atoms with Gasteiger partial charge in [-0.1, -0.05) is 18.2 Å². The average molecular weight is 399 g/mol. The summed E-state index contributed by atoms with van der Waals surface area (Å²) in [6, 6.07) is 13.8. The molecular formula is C23H29NO5. The minimum Gasteiger partial charge on any atom is -0.497 e. The predicted molar refractivity (Wildman–Crippen MR) is 111 cm³/mol. The van der Waals surface area contributed by atoms with Crippen LogP contribution < -0.4 is 14.2 Å². The molecule has 1 N–H and O–H groups in total. The van der Waals surface area contributed by atoms with Crippen LogP contribution >= 0.6 is 0 Å². The quantitative estimate of drug-likeness (QED) is 0.724. The van der Waals surface area contributed by atoms with Crippen molar-refractivity contribution in [2.24, 2.45) is 5.92 Å². The molecule has 0 aliphatic carbocycles. The molecule has 1 aliphatic rings. The standard InChI is InChI=1S/C23H29NO5/c1-4-29-20-12-9-17(14-21(20)28-3)22(16-7-10-19(27-2)11-8-16)24-13-5-6-18(15-24)23(25)26/h7-12,14,18,22H,4-6,13,15H2,1-3H3,(H,25,26). The zero-order valence-electron chi connectivity index (χ0n) is 17.3. The van der Waals surface area contributed by atoms with Crippen LogP contribution in [0.15, 0.2) is 42.5 Å². The second kappa shape index (κ2) is 9.65. The van der Waals surface area contributed by atoms with E-state index in [1.165, 1.54) is 0 Å². The van der Waals surface area contributed by atoms with Crippen LogP contribution in [0.3, 0.4) is 0 Å². The van der Waals surface area contributed by atoms with Crippen molar-refractivity contribution in [2.75, 3.05) is 33.9 Å². The van der Waals surface area contributed by atoms with Gasteiger partial charge in [-0.25, -0.2) is 0 Å². The lowest BCUT2D eigenvalue weighted by Gasteiger charge is -2.37. The number of aliphatic carboxylic acids is 1. The molecule has 1 saturated heterocycles. The average Bonchev–Trinajstić information content (AvgIpc) is 2.75. The molecule has 6 nitrogen and oxygen atoms in total. The van der Waals surface area contributed by atoms with Gasteiger partial charge in [-0.05, 0) is 61.7 Å². The highest BCUT2D eigenvalue weighted by atomic mass is 16.5. The second-order valence-corrected chi connectivity index (χ2v) is 7.19. The monoisotopic (exact) mass is 399 g/mol. The predicted octanol–water partition coefficient (Wildman–Crippen LogP) is 3.99. The van der Waals surface area contributed by atoms with Gasteiger partial charge in [0.1, 0.15) is 5.75 Å². The Morgan fingerprint density at radius 3 is 2.45 bits per heavy atom. The summed E-state index contributed by atoms with van der Waals surface area (Å²) in [5.74, 6) is 1.09. The summed E-state index contributed by atoms with van der Waals surface area (Å²) >= 11 is 0.